The molecule has 2 aliphatic rings. The molecule has 0 saturated heterocycles. The first-order chi connectivity index (χ1) is 14.6. The molecule has 156 valence electrons. The molecule has 0 N–H and O–H groups in total. The number of aromatic nitrogens is 3. The third-order valence-corrected chi connectivity index (χ3v) is 6.14. The Hall–Kier alpha value is -2.77. The first kappa shape index (κ1) is 19.2. The Kier molecular flexibility index (Phi) is 5.00. The molecule has 0 unspecified atom stereocenters. The van der Waals surface area contributed by atoms with E-state index in [2.05, 4.69) is 45.9 Å². The van der Waals surface area contributed by atoms with Gasteiger partial charge in [0.15, 0.2) is 5.65 Å². The van der Waals surface area contributed by atoms with Crippen LogP contribution in [0.5, 0.6) is 0 Å². The average Bonchev–Trinajstić information content (AvgIpc) is 2.78. The SMILES string of the molecule is CN(C)CCN1CN(c2ccccc2)c2nc3ncc4c(c3c(=O)n2C1)CCCC4. The maximum absolute atomic E-state index is 13.7. The molecule has 0 radical (unpaired) electrons. The number of fused-ring (bicyclic) bond motifs is 4. The van der Waals surface area contributed by atoms with Crippen molar-refractivity contribution in [3.63, 3.8) is 0 Å². The minimum Gasteiger partial charge on any atom is -0.308 e. The Morgan fingerprint density at radius 2 is 1.87 bits per heavy atom. The van der Waals surface area contributed by atoms with E-state index in [1.54, 1.807) is 0 Å². The number of rotatable bonds is 4. The Morgan fingerprint density at radius 1 is 1.07 bits per heavy atom. The second-order valence-corrected chi connectivity index (χ2v) is 8.56. The number of aryl methyl sites for hydroxylation is 2. The van der Waals surface area contributed by atoms with Crippen LogP contribution in [0.15, 0.2) is 41.3 Å². The summed E-state index contributed by atoms with van der Waals surface area (Å²) in [5.74, 6) is 0.683. The molecule has 1 aliphatic heterocycles. The zero-order chi connectivity index (χ0) is 20.7. The van der Waals surface area contributed by atoms with Gasteiger partial charge in [-0.3, -0.25) is 19.2 Å². The molecule has 0 fully saturated rings. The van der Waals surface area contributed by atoms with Crippen molar-refractivity contribution in [2.45, 2.75) is 32.4 Å². The largest absolute Gasteiger partial charge is 0.308 e. The summed E-state index contributed by atoms with van der Waals surface area (Å²) in [6.07, 6.45) is 6.17. The van der Waals surface area contributed by atoms with Crippen LogP contribution >= 0.6 is 0 Å². The summed E-state index contributed by atoms with van der Waals surface area (Å²) in [5, 5.41) is 0.721. The van der Waals surface area contributed by atoms with Crippen LogP contribution in [0, 0.1) is 0 Å². The first-order valence-corrected chi connectivity index (χ1v) is 10.7. The third kappa shape index (κ3) is 3.38. The lowest BCUT2D eigenvalue weighted by molar-refractivity contribution is 0.181. The highest BCUT2D eigenvalue weighted by Crippen LogP contribution is 2.30. The highest BCUT2D eigenvalue weighted by atomic mass is 16.1. The molecule has 7 nitrogen and oxygen atoms in total. The maximum atomic E-state index is 13.7. The van der Waals surface area contributed by atoms with Crippen LogP contribution in [0.4, 0.5) is 11.6 Å². The minimum atomic E-state index is 0.0386. The number of hydrogen-bond acceptors (Lipinski definition) is 6. The molecule has 0 spiro atoms. The van der Waals surface area contributed by atoms with Crippen molar-refractivity contribution in [2.24, 2.45) is 0 Å². The summed E-state index contributed by atoms with van der Waals surface area (Å²) in [4.78, 5) is 29.8. The topological polar surface area (TPSA) is 57.5 Å². The third-order valence-electron chi connectivity index (χ3n) is 6.14. The molecular formula is C23H28N6O. The number of anilines is 2. The zero-order valence-electron chi connectivity index (χ0n) is 17.7. The van der Waals surface area contributed by atoms with Gasteiger partial charge in [-0.2, -0.15) is 4.98 Å². The zero-order valence-corrected chi connectivity index (χ0v) is 17.7. The Bertz CT molecular complexity index is 1120. The van der Waals surface area contributed by atoms with E-state index >= 15 is 0 Å². The molecule has 3 heterocycles. The quantitative estimate of drug-likeness (QED) is 0.666. The molecule has 0 bridgehead atoms. The van der Waals surface area contributed by atoms with Crippen molar-refractivity contribution in [3.8, 4) is 0 Å². The van der Waals surface area contributed by atoms with Gasteiger partial charge in [-0.25, -0.2) is 4.98 Å². The van der Waals surface area contributed by atoms with Crippen molar-refractivity contribution >= 4 is 22.7 Å². The number of hydrogen-bond donors (Lipinski definition) is 0. The van der Waals surface area contributed by atoms with Crippen LogP contribution in [0.25, 0.3) is 11.0 Å². The van der Waals surface area contributed by atoms with Gasteiger partial charge in [0.05, 0.1) is 18.7 Å². The van der Waals surface area contributed by atoms with Gasteiger partial charge < -0.3 is 4.90 Å². The Morgan fingerprint density at radius 3 is 2.67 bits per heavy atom. The molecule has 1 aromatic carbocycles. The molecule has 3 aromatic rings. The van der Waals surface area contributed by atoms with Crippen LogP contribution in [0.1, 0.15) is 24.0 Å². The Labute approximate surface area is 176 Å². The molecule has 0 saturated carbocycles. The second-order valence-electron chi connectivity index (χ2n) is 8.56. The van der Waals surface area contributed by atoms with E-state index in [9.17, 15) is 4.79 Å². The molecule has 30 heavy (non-hydrogen) atoms. The first-order valence-electron chi connectivity index (χ1n) is 10.7. The molecule has 2 aromatic heterocycles. The Balaban J connectivity index is 1.67. The lowest BCUT2D eigenvalue weighted by Crippen LogP contribution is -2.49. The number of likely N-dealkylation sites (N-methyl/N-ethyl adjacent to an activating group) is 1. The number of para-hydroxylation sites is 1. The fraction of sp³-hybridized carbons (Fsp3) is 0.435. The summed E-state index contributed by atoms with van der Waals surface area (Å²) >= 11 is 0. The lowest BCUT2D eigenvalue weighted by Gasteiger charge is -2.38. The molecule has 1 aliphatic carbocycles. The maximum Gasteiger partial charge on any atom is 0.265 e. The van der Waals surface area contributed by atoms with Gasteiger partial charge in [0, 0.05) is 25.0 Å². The normalized spacial score (nSPS) is 16.7. The van der Waals surface area contributed by atoms with E-state index in [0.29, 0.717) is 24.9 Å². The fourth-order valence-corrected chi connectivity index (χ4v) is 4.52. The highest BCUT2D eigenvalue weighted by molar-refractivity contribution is 5.81. The molecular weight excluding hydrogens is 376 g/mol. The van der Waals surface area contributed by atoms with Crippen molar-refractivity contribution < 1.29 is 0 Å². The van der Waals surface area contributed by atoms with Crippen molar-refractivity contribution in [1.82, 2.24) is 24.3 Å². The van der Waals surface area contributed by atoms with Gasteiger partial charge in [0.25, 0.3) is 5.56 Å². The van der Waals surface area contributed by atoms with E-state index in [4.69, 9.17) is 4.98 Å². The van der Waals surface area contributed by atoms with E-state index < -0.39 is 0 Å². The van der Waals surface area contributed by atoms with Gasteiger partial charge in [0.1, 0.15) is 0 Å². The predicted molar refractivity (Wildman–Crippen MR) is 119 cm³/mol. The summed E-state index contributed by atoms with van der Waals surface area (Å²) in [7, 11) is 4.15. The van der Waals surface area contributed by atoms with E-state index in [0.717, 1.165) is 49.0 Å². The summed E-state index contributed by atoms with van der Waals surface area (Å²) in [6, 6.07) is 10.2. The van der Waals surface area contributed by atoms with Crippen molar-refractivity contribution in [2.75, 3.05) is 38.8 Å². The molecule has 0 atom stereocenters. The van der Waals surface area contributed by atoms with Crippen molar-refractivity contribution in [3.05, 3.63) is 58.0 Å². The average molecular weight is 405 g/mol. The van der Waals surface area contributed by atoms with E-state index in [1.807, 2.05) is 29.0 Å². The predicted octanol–water partition coefficient (Wildman–Crippen LogP) is 2.60. The van der Waals surface area contributed by atoms with Crippen LogP contribution in [-0.2, 0) is 19.5 Å². The van der Waals surface area contributed by atoms with Gasteiger partial charge in [0.2, 0.25) is 5.95 Å². The molecule has 7 heteroatoms. The van der Waals surface area contributed by atoms with Gasteiger partial charge in [-0.05, 0) is 63.0 Å². The number of pyridine rings is 1. The van der Waals surface area contributed by atoms with Crippen LogP contribution in [-0.4, -0.2) is 58.2 Å². The van der Waals surface area contributed by atoms with E-state index in [-0.39, 0.29) is 5.56 Å². The number of benzene rings is 1. The van der Waals surface area contributed by atoms with Gasteiger partial charge in [-0.1, -0.05) is 18.2 Å². The highest BCUT2D eigenvalue weighted by Gasteiger charge is 2.28. The molecule has 0 amide bonds. The second kappa shape index (κ2) is 7.81. The van der Waals surface area contributed by atoms with Crippen molar-refractivity contribution in [1.29, 1.82) is 0 Å². The summed E-state index contributed by atoms with van der Waals surface area (Å²) < 4.78 is 1.84. The summed E-state index contributed by atoms with van der Waals surface area (Å²) in [6.45, 7) is 3.06. The van der Waals surface area contributed by atoms with Crippen LogP contribution < -0.4 is 10.5 Å². The number of nitrogens with zero attached hydrogens (tertiary/aromatic N) is 6. The van der Waals surface area contributed by atoms with Gasteiger partial charge >= 0.3 is 0 Å². The fourth-order valence-electron chi connectivity index (χ4n) is 4.52. The summed E-state index contributed by atoms with van der Waals surface area (Å²) in [5.41, 5.74) is 4.03. The minimum absolute atomic E-state index is 0.0386. The van der Waals surface area contributed by atoms with Crippen LogP contribution in [0.3, 0.4) is 0 Å². The van der Waals surface area contributed by atoms with E-state index in [1.165, 1.54) is 12.0 Å². The van der Waals surface area contributed by atoms with Crippen LogP contribution in [0.2, 0.25) is 0 Å². The monoisotopic (exact) mass is 404 g/mol. The smallest absolute Gasteiger partial charge is 0.265 e. The molecule has 5 rings (SSSR count). The standard InChI is InChI=1S/C23H28N6O/c1-26(2)12-13-27-15-28(18-9-4-3-5-10-18)23-25-21-20(22(30)29(23)16-27)19-11-7-6-8-17(19)14-24-21/h3-5,9-10,14H,6-8,11-13,15-16H2,1-2H3. The van der Waals surface area contributed by atoms with Gasteiger partial charge in [-0.15, -0.1) is 0 Å². The lowest BCUT2D eigenvalue weighted by atomic mass is 9.91.